The normalized spacial score (nSPS) is 12.8. The number of allylic oxidation sites excluding steroid dienone is 4. The number of hydrogen-bond donors (Lipinski definition) is 3. The molecule has 0 aliphatic rings. The van der Waals surface area contributed by atoms with E-state index in [9.17, 15) is 19.8 Å². The van der Waals surface area contributed by atoms with Crippen LogP contribution in [0.15, 0.2) is 24.3 Å². The number of aliphatic hydroxyl groups excluding tert-OH is 2. The van der Waals surface area contributed by atoms with Gasteiger partial charge in [0.15, 0.2) is 0 Å². The number of aliphatic hydroxyl groups is 2. The van der Waals surface area contributed by atoms with Gasteiger partial charge in [0.1, 0.15) is 0 Å². The summed E-state index contributed by atoms with van der Waals surface area (Å²) in [6.07, 6.45) is 57.3. The van der Waals surface area contributed by atoms with E-state index in [1.54, 1.807) is 0 Å². The molecule has 6 heteroatoms. The summed E-state index contributed by atoms with van der Waals surface area (Å²) in [5.74, 6) is -0.0518. The summed E-state index contributed by atoms with van der Waals surface area (Å²) in [6.45, 7) is 4.90. The van der Waals surface area contributed by atoms with Gasteiger partial charge < -0.3 is 20.3 Å². The van der Waals surface area contributed by atoms with Crippen LogP contribution in [0.4, 0.5) is 0 Å². The van der Waals surface area contributed by atoms with Crippen LogP contribution < -0.4 is 5.32 Å². The average Bonchev–Trinajstić information content (AvgIpc) is 3.24. The third kappa shape index (κ3) is 45.7. The number of amides is 1. The highest BCUT2D eigenvalue weighted by Gasteiger charge is 2.20. The minimum atomic E-state index is -0.665. The molecule has 0 saturated heterocycles. The molecule has 2 unspecified atom stereocenters. The second kappa shape index (κ2) is 49.0. The van der Waals surface area contributed by atoms with Crippen molar-refractivity contribution < 1.29 is 24.5 Å². The topological polar surface area (TPSA) is 95.9 Å². The van der Waals surface area contributed by atoms with Gasteiger partial charge in [-0.25, -0.2) is 0 Å². The number of carbonyl (C=O) groups excluding carboxylic acids is 2. The van der Waals surface area contributed by atoms with E-state index in [1.165, 1.54) is 193 Å². The van der Waals surface area contributed by atoms with Gasteiger partial charge in [0, 0.05) is 12.8 Å². The lowest BCUT2D eigenvalue weighted by Gasteiger charge is -2.22. The zero-order chi connectivity index (χ0) is 43.0. The summed E-state index contributed by atoms with van der Waals surface area (Å²) in [7, 11) is 0. The number of carbonyl (C=O) groups is 2. The van der Waals surface area contributed by atoms with Crippen molar-refractivity contribution in [3.63, 3.8) is 0 Å². The molecule has 3 N–H and O–H groups in total. The van der Waals surface area contributed by atoms with Crippen LogP contribution in [0.3, 0.4) is 0 Å². The van der Waals surface area contributed by atoms with Gasteiger partial charge in [-0.2, -0.15) is 0 Å². The number of nitrogens with one attached hydrogen (secondary N) is 1. The summed E-state index contributed by atoms with van der Waals surface area (Å²) < 4.78 is 5.47. The number of ether oxygens (including phenoxy) is 1. The predicted molar refractivity (Wildman–Crippen MR) is 255 cm³/mol. The van der Waals surface area contributed by atoms with Crippen molar-refractivity contribution in [3.05, 3.63) is 24.3 Å². The minimum Gasteiger partial charge on any atom is -0.466 e. The van der Waals surface area contributed by atoms with Crippen molar-refractivity contribution in [2.75, 3.05) is 13.2 Å². The maximum Gasteiger partial charge on any atom is 0.305 e. The highest BCUT2D eigenvalue weighted by molar-refractivity contribution is 5.76. The Morgan fingerprint density at radius 1 is 0.475 bits per heavy atom. The highest BCUT2D eigenvalue weighted by atomic mass is 16.5. The monoisotopic (exact) mass is 832 g/mol. The lowest BCUT2D eigenvalue weighted by Crippen LogP contribution is -2.45. The molecule has 0 aromatic carbocycles. The molecular weight excluding hydrogens is 731 g/mol. The van der Waals surface area contributed by atoms with Crippen LogP contribution in [0, 0.1) is 0 Å². The maximum atomic E-state index is 12.4. The van der Waals surface area contributed by atoms with Crippen LogP contribution in [0.5, 0.6) is 0 Å². The second-order valence-electron chi connectivity index (χ2n) is 17.9. The van der Waals surface area contributed by atoms with E-state index >= 15 is 0 Å². The molecule has 59 heavy (non-hydrogen) atoms. The molecule has 2 atom stereocenters. The Morgan fingerprint density at radius 3 is 1.31 bits per heavy atom. The molecule has 0 spiro atoms. The van der Waals surface area contributed by atoms with Gasteiger partial charge in [0.2, 0.25) is 5.91 Å². The van der Waals surface area contributed by atoms with Crippen LogP contribution in [0.2, 0.25) is 0 Å². The molecular formula is C53H101NO5. The van der Waals surface area contributed by atoms with Gasteiger partial charge in [-0.15, -0.1) is 0 Å². The minimum absolute atomic E-state index is 0.00849. The fraction of sp³-hybridized carbons (Fsp3) is 0.887. The lowest BCUT2D eigenvalue weighted by molar-refractivity contribution is -0.143. The van der Waals surface area contributed by atoms with Gasteiger partial charge >= 0.3 is 5.97 Å². The number of unbranched alkanes of at least 4 members (excludes halogenated alkanes) is 33. The van der Waals surface area contributed by atoms with Gasteiger partial charge in [0.05, 0.1) is 25.4 Å². The van der Waals surface area contributed by atoms with E-state index in [0.717, 1.165) is 51.4 Å². The van der Waals surface area contributed by atoms with Crippen LogP contribution in [0.25, 0.3) is 0 Å². The highest BCUT2D eigenvalue weighted by Crippen LogP contribution is 2.16. The van der Waals surface area contributed by atoms with E-state index in [-0.39, 0.29) is 18.5 Å². The van der Waals surface area contributed by atoms with E-state index in [1.807, 2.05) is 0 Å². The molecule has 0 aromatic heterocycles. The summed E-state index contributed by atoms with van der Waals surface area (Å²) in [6, 6.07) is -0.543. The smallest absolute Gasteiger partial charge is 0.305 e. The zero-order valence-corrected chi connectivity index (χ0v) is 39.5. The first-order valence-corrected chi connectivity index (χ1v) is 26.1. The molecule has 0 saturated carbocycles. The molecule has 0 radical (unpaired) electrons. The Hall–Kier alpha value is -1.66. The van der Waals surface area contributed by atoms with Crippen molar-refractivity contribution in [2.24, 2.45) is 0 Å². The Bertz CT molecular complexity index is 920. The molecule has 0 aliphatic carbocycles. The molecule has 1 amide bonds. The van der Waals surface area contributed by atoms with Gasteiger partial charge in [-0.05, 0) is 57.8 Å². The van der Waals surface area contributed by atoms with Crippen LogP contribution >= 0.6 is 0 Å². The molecule has 0 aromatic rings. The maximum absolute atomic E-state index is 12.4. The predicted octanol–water partition coefficient (Wildman–Crippen LogP) is 15.5. The van der Waals surface area contributed by atoms with Crippen molar-refractivity contribution in [1.29, 1.82) is 0 Å². The third-order valence-corrected chi connectivity index (χ3v) is 12.0. The summed E-state index contributed by atoms with van der Waals surface area (Å²) >= 11 is 0. The number of rotatable bonds is 48. The molecule has 348 valence electrons. The Balaban J connectivity index is 3.40. The first-order valence-electron chi connectivity index (χ1n) is 26.1. The Morgan fingerprint density at radius 2 is 0.847 bits per heavy atom. The van der Waals surface area contributed by atoms with Crippen LogP contribution in [-0.2, 0) is 14.3 Å². The first-order chi connectivity index (χ1) is 29.0. The largest absolute Gasteiger partial charge is 0.466 e. The fourth-order valence-electron chi connectivity index (χ4n) is 7.96. The first kappa shape index (κ1) is 57.3. The second-order valence-corrected chi connectivity index (χ2v) is 17.9. The number of hydrogen-bond acceptors (Lipinski definition) is 5. The van der Waals surface area contributed by atoms with Crippen molar-refractivity contribution >= 4 is 11.9 Å². The summed E-state index contributed by atoms with van der Waals surface area (Å²) in [4.78, 5) is 24.4. The SMILES string of the molecule is CCCCCC/C=C\C/C=C\CCCCCCCC(=O)OCCCCCCCCCCCCCCCCCCCC(=O)NC(CO)C(O)CCCCCCCCCCC. The fourth-order valence-corrected chi connectivity index (χ4v) is 7.96. The zero-order valence-electron chi connectivity index (χ0n) is 39.5. The third-order valence-electron chi connectivity index (χ3n) is 12.0. The van der Waals surface area contributed by atoms with E-state index in [2.05, 4.69) is 43.5 Å². The van der Waals surface area contributed by atoms with Gasteiger partial charge in [0.25, 0.3) is 0 Å². The molecule has 0 bridgehead atoms. The van der Waals surface area contributed by atoms with Crippen molar-refractivity contribution in [1.82, 2.24) is 5.32 Å². The molecule has 0 fully saturated rings. The average molecular weight is 832 g/mol. The van der Waals surface area contributed by atoms with Crippen molar-refractivity contribution in [2.45, 2.75) is 289 Å². The summed E-state index contributed by atoms with van der Waals surface area (Å²) in [5.41, 5.74) is 0. The summed E-state index contributed by atoms with van der Waals surface area (Å²) in [5, 5.41) is 23.1. The molecule has 0 aliphatic heterocycles. The van der Waals surface area contributed by atoms with Gasteiger partial charge in [-0.3, -0.25) is 9.59 Å². The molecule has 6 nitrogen and oxygen atoms in total. The van der Waals surface area contributed by atoms with Crippen molar-refractivity contribution in [3.8, 4) is 0 Å². The van der Waals surface area contributed by atoms with Gasteiger partial charge in [-0.1, -0.05) is 231 Å². The van der Waals surface area contributed by atoms with E-state index in [4.69, 9.17) is 4.74 Å². The molecule has 0 rings (SSSR count). The van der Waals surface area contributed by atoms with E-state index in [0.29, 0.717) is 25.9 Å². The van der Waals surface area contributed by atoms with Crippen LogP contribution in [-0.4, -0.2) is 47.4 Å². The number of esters is 1. The quantitative estimate of drug-likeness (QED) is 0.0322. The standard InChI is InChI=1S/C53H101NO5/c1-3-5-7-9-11-13-14-15-16-21-24-27-31-35-39-43-47-53(58)59-48-44-40-36-32-28-25-22-19-17-18-20-23-26-30-34-38-42-46-52(57)54-50(49-55)51(56)45-41-37-33-29-12-10-8-6-4-2/h13-14,16,21,50-51,55-56H,3-12,15,17-20,22-49H2,1-2H3,(H,54,57)/b14-13-,21-16-. The Kier molecular flexibility index (Phi) is 47.6. The molecule has 0 heterocycles. The Labute approximate surface area is 367 Å². The van der Waals surface area contributed by atoms with Crippen LogP contribution in [0.1, 0.15) is 277 Å². The lowest BCUT2D eigenvalue weighted by atomic mass is 10.0. The van der Waals surface area contributed by atoms with E-state index < -0.39 is 12.1 Å².